The van der Waals surface area contributed by atoms with Crippen LogP contribution in [0.5, 0.6) is 0 Å². The molecule has 5 heterocycles. The fourth-order valence-corrected chi connectivity index (χ4v) is 5.86. The molecule has 0 aromatic carbocycles. The number of ether oxygens (including phenoxy) is 2. The Hall–Kier alpha value is -2.16. The second-order valence-corrected chi connectivity index (χ2v) is 16.5. The summed E-state index contributed by atoms with van der Waals surface area (Å²) in [7, 11) is -1.13. The second kappa shape index (κ2) is 10.2. The molecule has 0 aliphatic carbocycles. The predicted molar refractivity (Wildman–Crippen MR) is 140 cm³/mol. The van der Waals surface area contributed by atoms with E-state index in [2.05, 4.69) is 52.1 Å². The van der Waals surface area contributed by atoms with Gasteiger partial charge in [0.05, 0.1) is 11.1 Å². The number of nitrogens with zero attached hydrogens (tertiary/aromatic N) is 5. The van der Waals surface area contributed by atoms with Gasteiger partial charge in [-0.1, -0.05) is 19.6 Å². The van der Waals surface area contributed by atoms with E-state index >= 15 is 0 Å². The highest BCUT2D eigenvalue weighted by molar-refractivity contribution is 6.76. The Morgan fingerprint density at radius 1 is 1.06 bits per heavy atom. The van der Waals surface area contributed by atoms with E-state index in [0.29, 0.717) is 6.73 Å². The summed E-state index contributed by atoms with van der Waals surface area (Å²) < 4.78 is 16.5. The van der Waals surface area contributed by atoms with E-state index in [9.17, 15) is 0 Å². The van der Waals surface area contributed by atoms with E-state index in [4.69, 9.17) is 19.6 Å². The van der Waals surface area contributed by atoms with Crippen LogP contribution in [-0.4, -0.2) is 53.7 Å². The van der Waals surface area contributed by atoms with Gasteiger partial charge in [-0.3, -0.25) is 0 Å². The van der Waals surface area contributed by atoms with Crippen LogP contribution in [0.2, 0.25) is 25.7 Å². The lowest BCUT2D eigenvalue weighted by Gasteiger charge is -2.29. The molecule has 0 saturated carbocycles. The fraction of sp³-hybridized carbons (Fsp3) is 0.615. The number of aromatic nitrogens is 4. The van der Waals surface area contributed by atoms with Crippen molar-refractivity contribution in [2.75, 3.05) is 31.2 Å². The first-order valence-electron chi connectivity index (χ1n) is 13.0. The molecule has 2 saturated heterocycles. The van der Waals surface area contributed by atoms with Crippen LogP contribution in [0.3, 0.4) is 0 Å². The monoisotopic (exact) mass is 481 g/mol. The molecule has 1 unspecified atom stereocenters. The molecule has 0 amide bonds. The smallest absolute Gasteiger partial charge is 0.150 e. The maximum absolute atomic E-state index is 6.16. The molecule has 7 nitrogen and oxygen atoms in total. The average molecular weight is 482 g/mol. The van der Waals surface area contributed by atoms with Gasteiger partial charge in [0, 0.05) is 64.2 Å². The van der Waals surface area contributed by atoms with Crippen molar-refractivity contribution >= 4 is 24.8 Å². The molecule has 0 N–H and O–H groups in total. The highest BCUT2D eigenvalue weighted by Gasteiger charge is 2.25. The van der Waals surface area contributed by atoms with Crippen molar-refractivity contribution in [3.8, 4) is 11.3 Å². The second-order valence-electron chi connectivity index (χ2n) is 10.9. The van der Waals surface area contributed by atoms with Crippen molar-refractivity contribution in [1.29, 1.82) is 0 Å². The minimum absolute atomic E-state index is 0.000234. The highest BCUT2D eigenvalue weighted by Crippen LogP contribution is 2.39. The number of rotatable bonds is 8. The van der Waals surface area contributed by atoms with Crippen LogP contribution in [0.4, 0.5) is 5.69 Å². The topological polar surface area (TPSA) is 57.3 Å². The summed E-state index contributed by atoms with van der Waals surface area (Å²) in [6.45, 7) is 11.5. The summed E-state index contributed by atoms with van der Waals surface area (Å²) in [6, 6.07) is 5.47. The Morgan fingerprint density at radius 2 is 1.91 bits per heavy atom. The number of anilines is 1. The lowest BCUT2D eigenvalue weighted by molar-refractivity contribution is -0.0383. The number of piperidine rings is 1. The molecule has 5 rings (SSSR count). The maximum Gasteiger partial charge on any atom is 0.150 e. The van der Waals surface area contributed by atoms with Gasteiger partial charge in [-0.25, -0.2) is 9.67 Å². The van der Waals surface area contributed by atoms with Crippen LogP contribution >= 0.6 is 0 Å². The van der Waals surface area contributed by atoms with Crippen molar-refractivity contribution in [3.05, 3.63) is 30.7 Å². The van der Waals surface area contributed by atoms with Crippen molar-refractivity contribution in [2.24, 2.45) is 0 Å². The Morgan fingerprint density at radius 3 is 2.68 bits per heavy atom. The summed E-state index contributed by atoms with van der Waals surface area (Å²) in [5, 5.41) is 5.90. The first kappa shape index (κ1) is 23.6. The van der Waals surface area contributed by atoms with Crippen molar-refractivity contribution in [2.45, 2.75) is 77.2 Å². The molecule has 0 spiro atoms. The van der Waals surface area contributed by atoms with Crippen LogP contribution in [-0.2, 0) is 16.2 Å². The normalized spacial score (nSPS) is 19.7. The quantitative estimate of drug-likeness (QED) is 0.296. The molecule has 2 aliphatic heterocycles. The van der Waals surface area contributed by atoms with Gasteiger partial charge in [-0.2, -0.15) is 5.10 Å². The molecule has 2 fully saturated rings. The van der Waals surface area contributed by atoms with Crippen LogP contribution < -0.4 is 4.90 Å². The third-order valence-electron chi connectivity index (χ3n) is 7.03. The largest absolute Gasteiger partial charge is 0.371 e. The van der Waals surface area contributed by atoms with Gasteiger partial charge in [-0.15, -0.1) is 0 Å². The molecule has 3 aromatic heterocycles. The van der Waals surface area contributed by atoms with Gasteiger partial charge in [0.2, 0.25) is 0 Å². The Bertz CT molecular complexity index is 1090. The third kappa shape index (κ3) is 5.09. The zero-order valence-corrected chi connectivity index (χ0v) is 22.0. The SMILES string of the molecule is C[Si](C)(C)CCOCn1cc(-c2ccnn2C2CCCCO2)c2c(N3CCCCC3)ccnc21. The highest BCUT2D eigenvalue weighted by atomic mass is 28.3. The number of hydrogen-bond acceptors (Lipinski definition) is 5. The Kier molecular flexibility index (Phi) is 7.08. The van der Waals surface area contributed by atoms with Gasteiger partial charge in [0.15, 0.2) is 6.23 Å². The molecule has 2 aliphatic rings. The molecular weight excluding hydrogens is 442 g/mol. The van der Waals surface area contributed by atoms with E-state index < -0.39 is 8.07 Å². The summed E-state index contributed by atoms with van der Waals surface area (Å²) in [6.07, 6.45) is 13.2. The molecular formula is C26H39N5O2Si. The van der Waals surface area contributed by atoms with E-state index in [0.717, 1.165) is 56.5 Å². The van der Waals surface area contributed by atoms with E-state index in [1.807, 2.05) is 12.4 Å². The molecule has 3 aromatic rings. The zero-order valence-electron chi connectivity index (χ0n) is 21.0. The number of hydrogen-bond donors (Lipinski definition) is 0. The van der Waals surface area contributed by atoms with Crippen molar-refractivity contribution in [3.63, 3.8) is 0 Å². The van der Waals surface area contributed by atoms with Crippen molar-refractivity contribution < 1.29 is 9.47 Å². The Balaban J connectivity index is 1.54. The first-order chi connectivity index (χ1) is 16.5. The lowest BCUT2D eigenvalue weighted by Crippen LogP contribution is -2.29. The van der Waals surface area contributed by atoms with Crippen LogP contribution in [0.25, 0.3) is 22.3 Å². The number of pyridine rings is 1. The van der Waals surface area contributed by atoms with Crippen LogP contribution in [0.1, 0.15) is 44.8 Å². The van der Waals surface area contributed by atoms with E-state index in [1.54, 1.807) is 0 Å². The molecule has 0 radical (unpaired) electrons. The number of fused-ring (bicyclic) bond motifs is 1. The molecule has 34 heavy (non-hydrogen) atoms. The summed E-state index contributed by atoms with van der Waals surface area (Å²) >= 11 is 0. The standard InChI is InChI=1S/C26H39N5O2Si/c1-34(2,3)18-17-32-20-30-19-21(22-11-13-28-31(22)24-9-5-8-16-33-24)25-23(10-12-27-26(25)30)29-14-6-4-7-15-29/h10-13,19,24H,4-9,14-18,20H2,1-3H3. The minimum Gasteiger partial charge on any atom is -0.371 e. The van der Waals surface area contributed by atoms with Gasteiger partial charge in [0.1, 0.15) is 12.4 Å². The molecule has 8 heteroatoms. The summed E-state index contributed by atoms with van der Waals surface area (Å²) in [5.74, 6) is 0. The molecule has 1 atom stereocenters. The van der Waals surface area contributed by atoms with Gasteiger partial charge >= 0.3 is 0 Å². The van der Waals surface area contributed by atoms with Gasteiger partial charge in [-0.05, 0) is 56.7 Å². The first-order valence-corrected chi connectivity index (χ1v) is 16.7. The van der Waals surface area contributed by atoms with E-state index in [-0.39, 0.29) is 6.23 Å². The Labute approximate surface area is 204 Å². The van der Waals surface area contributed by atoms with Crippen LogP contribution in [0.15, 0.2) is 30.7 Å². The van der Waals surface area contributed by atoms with Gasteiger partial charge in [0.25, 0.3) is 0 Å². The van der Waals surface area contributed by atoms with Crippen LogP contribution in [0, 0.1) is 0 Å². The lowest BCUT2D eigenvalue weighted by atomic mass is 10.1. The summed E-state index contributed by atoms with van der Waals surface area (Å²) in [5.41, 5.74) is 4.54. The van der Waals surface area contributed by atoms with Crippen molar-refractivity contribution in [1.82, 2.24) is 19.3 Å². The predicted octanol–water partition coefficient (Wildman–Crippen LogP) is 5.90. The fourth-order valence-electron chi connectivity index (χ4n) is 5.10. The average Bonchev–Trinajstić information content (AvgIpc) is 3.47. The third-order valence-corrected chi connectivity index (χ3v) is 8.74. The van der Waals surface area contributed by atoms with E-state index in [1.165, 1.54) is 42.3 Å². The maximum atomic E-state index is 6.16. The molecule has 184 valence electrons. The summed E-state index contributed by atoms with van der Waals surface area (Å²) in [4.78, 5) is 7.37. The van der Waals surface area contributed by atoms with Gasteiger partial charge < -0.3 is 18.9 Å². The molecule has 0 bridgehead atoms. The zero-order chi connectivity index (χ0) is 23.5. The minimum atomic E-state index is -1.13.